The van der Waals surface area contributed by atoms with E-state index in [2.05, 4.69) is 50.3 Å². The summed E-state index contributed by atoms with van der Waals surface area (Å²) in [7, 11) is -4.27. The lowest BCUT2D eigenvalue weighted by atomic mass is 10.1. The topological polar surface area (TPSA) is 117 Å². The molecule has 0 rings (SSSR count). The molecule has 0 amide bonds. The monoisotopic (exact) mass is 782 g/mol. The Morgan fingerprint density at radius 2 is 1.00 bits per heavy atom. The zero-order valence-corrected chi connectivity index (χ0v) is 35.8. The van der Waals surface area contributed by atoms with Crippen LogP contribution < -0.4 is 5.73 Å². The highest BCUT2D eigenvalue weighted by atomic mass is 31.2. The summed E-state index contributed by atoms with van der Waals surface area (Å²) in [4.78, 5) is 22.3. The fourth-order valence-corrected chi connectivity index (χ4v) is 6.71. The molecule has 0 aliphatic rings. The van der Waals surface area contributed by atoms with Crippen molar-refractivity contribution in [1.82, 2.24) is 0 Å². The first-order valence-electron chi connectivity index (χ1n) is 22.2. The number of phosphoric ester groups is 1. The number of allylic oxidation sites excluding steroid dienone is 7. The summed E-state index contributed by atoms with van der Waals surface area (Å²) in [5.74, 6) is -0.297. The molecule has 0 aromatic carbocycles. The molecule has 3 N–H and O–H groups in total. The highest BCUT2D eigenvalue weighted by Gasteiger charge is 2.24. The minimum atomic E-state index is -4.27. The Balaban J connectivity index is 4.06. The molecule has 0 aliphatic heterocycles. The summed E-state index contributed by atoms with van der Waals surface area (Å²) < 4.78 is 33.2. The van der Waals surface area contributed by atoms with Gasteiger partial charge < -0.3 is 20.1 Å². The van der Waals surface area contributed by atoms with Gasteiger partial charge in [0.2, 0.25) is 0 Å². The number of esters is 1. The van der Waals surface area contributed by atoms with Gasteiger partial charge in [0.15, 0.2) is 6.10 Å². The lowest BCUT2D eigenvalue weighted by Gasteiger charge is -2.19. The number of hydrogen-bond donors (Lipinski definition) is 2. The zero-order chi connectivity index (χ0) is 39.5. The standard InChI is InChI=1S/C45H84NO7P/c1-3-5-7-9-11-13-15-17-19-21-22-23-24-26-28-30-32-34-36-38-45(47)51-42-44(43-53-54(48,49)52-41-39-46)50-40-37-35-33-31-29-27-25-20-18-16-14-12-10-8-6-4-2/h11,13-14,16-17,19,37,40,44H,3-10,12,15,18,20-36,38-39,41-43,46H2,1-2H3,(H,48,49)/t44-/m1/s1. The zero-order valence-electron chi connectivity index (χ0n) is 35.0. The minimum Gasteiger partial charge on any atom is -0.492 e. The Morgan fingerprint density at radius 1 is 0.574 bits per heavy atom. The quantitative estimate of drug-likeness (QED) is 0.0207. The van der Waals surface area contributed by atoms with E-state index in [1.54, 1.807) is 6.26 Å². The summed E-state index contributed by atoms with van der Waals surface area (Å²) in [6.45, 7) is 4.17. The average molecular weight is 782 g/mol. The maximum Gasteiger partial charge on any atom is 0.472 e. The van der Waals surface area contributed by atoms with E-state index in [9.17, 15) is 14.3 Å². The predicted octanol–water partition coefficient (Wildman–Crippen LogP) is 13.5. The van der Waals surface area contributed by atoms with Crippen molar-refractivity contribution in [2.75, 3.05) is 26.4 Å². The van der Waals surface area contributed by atoms with Crippen LogP contribution in [0.25, 0.3) is 0 Å². The largest absolute Gasteiger partial charge is 0.492 e. The van der Waals surface area contributed by atoms with E-state index in [0.717, 1.165) is 38.5 Å². The molecule has 0 fully saturated rings. The Hall–Kier alpha value is -1.70. The van der Waals surface area contributed by atoms with Gasteiger partial charge in [-0.05, 0) is 83.1 Å². The third kappa shape index (κ3) is 41.5. The van der Waals surface area contributed by atoms with Crippen LogP contribution in [-0.2, 0) is 27.9 Å². The van der Waals surface area contributed by atoms with Gasteiger partial charge in [-0.25, -0.2) is 4.57 Å². The highest BCUT2D eigenvalue weighted by Crippen LogP contribution is 2.43. The molecule has 2 atom stereocenters. The summed E-state index contributed by atoms with van der Waals surface area (Å²) in [5.41, 5.74) is 5.37. The number of nitrogens with two attached hydrogens (primary N) is 1. The van der Waals surface area contributed by atoms with Crippen LogP contribution in [0.1, 0.15) is 200 Å². The number of rotatable bonds is 42. The van der Waals surface area contributed by atoms with E-state index in [4.69, 9.17) is 24.3 Å². The van der Waals surface area contributed by atoms with E-state index < -0.39 is 13.9 Å². The number of carbonyl (C=O) groups is 1. The van der Waals surface area contributed by atoms with E-state index in [-0.39, 0.29) is 32.3 Å². The second-order valence-electron chi connectivity index (χ2n) is 14.6. The van der Waals surface area contributed by atoms with Crippen LogP contribution in [0.5, 0.6) is 0 Å². The molecular formula is C45H84NO7P. The van der Waals surface area contributed by atoms with Crippen LogP contribution in [0.3, 0.4) is 0 Å². The first-order valence-corrected chi connectivity index (χ1v) is 23.7. The summed E-state index contributed by atoms with van der Waals surface area (Å²) in [5, 5.41) is 0. The van der Waals surface area contributed by atoms with Crippen molar-refractivity contribution in [1.29, 1.82) is 0 Å². The third-order valence-corrected chi connectivity index (χ3v) is 10.3. The Kier molecular flexibility index (Phi) is 41.1. The van der Waals surface area contributed by atoms with Gasteiger partial charge in [-0.2, -0.15) is 0 Å². The van der Waals surface area contributed by atoms with Crippen LogP contribution in [-0.4, -0.2) is 43.3 Å². The molecule has 0 saturated heterocycles. The molecule has 54 heavy (non-hydrogen) atoms. The van der Waals surface area contributed by atoms with Crippen LogP contribution >= 0.6 is 7.82 Å². The number of phosphoric acid groups is 1. The molecule has 0 aliphatic carbocycles. The van der Waals surface area contributed by atoms with E-state index in [1.807, 2.05) is 6.08 Å². The smallest absolute Gasteiger partial charge is 0.472 e. The summed E-state index contributed by atoms with van der Waals surface area (Å²) >= 11 is 0. The summed E-state index contributed by atoms with van der Waals surface area (Å²) in [6.07, 6.45) is 50.8. The molecule has 0 saturated carbocycles. The van der Waals surface area contributed by atoms with Gasteiger partial charge in [0.1, 0.15) is 6.61 Å². The Morgan fingerprint density at radius 3 is 1.52 bits per heavy atom. The second kappa shape index (κ2) is 42.4. The number of ether oxygens (including phenoxy) is 2. The second-order valence-corrected chi connectivity index (χ2v) is 16.1. The van der Waals surface area contributed by atoms with Crippen molar-refractivity contribution in [2.45, 2.75) is 206 Å². The van der Waals surface area contributed by atoms with Gasteiger partial charge in [0, 0.05) is 13.0 Å². The number of unbranched alkanes of at least 4 members (excludes halogenated alkanes) is 23. The molecule has 316 valence electrons. The molecule has 0 heterocycles. The van der Waals surface area contributed by atoms with Crippen LogP contribution in [0.15, 0.2) is 48.8 Å². The maximum absolute atomic E-state index is 12.4. The molecule has 0 aromatic heterocycles. The van der Waals surface area contributed by atoms with Gasteiger partial charge in [0.05, 0.1) is 19.5 Å². The molecule has 1 unspecified atom stereocenters. The van der Waals surface area contributed by atoms with Crippen molar-refractivity contribution in [3.8, 4) is 0 Å². The number of carbonyl (C=O) groups excluding carboxylic acids is 1. The predicted molar refractivity (Wildman–Crippen MR) is 228 cm³/mol. The number of hydrogen-bond acceptors (Lipinski definition) is 7. The highest BCUT2D eigenvalue weighted by molar-refractivity contribution is 7.47. The lowest BCUT2D eigenvalue weighted by Crippen LogP contribution is -2.25. The van der Waals surface area contributed by atoms with Crippen molar-refractivity contribution < 1.29 is 32.8 Å². The fourth-order valence-electron chi connectivity index (χ4n) is 5.95. The van der Waals surface area contributed by atoms with Gasteiger partial charge in [-0.1, -0.05) is 153 Å². The molecule has 8 nitrogen and oxygen atoms in total. The van der Waals surface area contributed by atoms with Crippen molar-refractivity contribution in [3.05, 3.63) is 48.8 Å². The maximum atomic E-state index is 12.4. The Bertz CT molecular complexity index is 968. The normalized spacial score (nSPS) is 13.9. The minimum absolute atomic E-state index is 0.0694. The molecule has 0 aromatic rings. The SMILES string of the molecule is CCCCCC=CCC=CCCCCCCCCCCCC(=O)OC[C@H](COP(=O)(O)OCCN)OC=CCCCCCCCCC=CCCCCCC. The van der Waals surface area contributed by atoms with Gasteiger partial charge in [0.25, 0.3) is 0 Å². The molecule has 0 spiro atoms. The van der Waals surface area contributed by atoms with Gasteiger partial charge >= 0.3 is 13.8 Å². The van der Waals surface area contributed by atoms with Crippen molar-refractivity contribution >= 4 is 13.8 Å². The van der Waals surface area contributed by atoms with Crippen molar-refractivity contribution in [3.63, 3.8) is 0 Å². The molecule has 9 heteroatoms. The van der Waals surface area contributed by atoms with Gasteiger partial charge in [-0.3, -0.25) is 13.8 Å². The summed E-state index contributed by atoms with van der Waals surface area (Å²) in [6, 6.07) is 0. The van der Waals surface area contributed by atoms with Gasteiger partial charge in [-0.15, -0.1) is 0 Å². The fraction of sp³-hybridized carbons (Fsp3) is 0.800. The first-order chi connectivity index (χ1) is 26.4. The van der Waals surface area contributed by atoms with E-state index in [0.29, 0.717) is 6.42 Å². The van der Waals surface area contributed by atoms with Crippen LogP contribution in [0, 0.1) is 0 Å². The lowest BCUT2D eigenvalue weighted by molar-refractivity contribution is -0.147. The van der Waals surface area contributed by atoms with Crippen molar-refractivity contribution in [2.24, 2.45) is 5.73 Å². The first kappa shape index (κ1) is 52.3. The molecule has 0 radical (unpaired) electrons. The Labute approximate surface area is 332 Å². The van der Waals surface area contributed by atoms with E-state index in [1.165, 1.54) is 141 Å². The average Bonchev–Trinajstić information content (AvgIpc) is 3.16. The third-order valence-electron chi connectivity index (χ3n) is 9.31. The van der Waals surface area contributed by atoms with E-state index >= 15 is 0 Å². The van der Waals surface area contributed by atoms with Crippen LogP contribution in [0.4, 0.5) is 0 Å². The van der Waals surface area contributed by atoms with Crippen LogP contribution in [0.2, 0.25) is 0 Å². The molecular weight excluding hydrogens is 697 g/mol. The molecule has 0 bridgehead atoms.